The topological polar surface area (TPSA) is 53.2 Å². The van der Waals surface area contributed by atoms with Gasteiger partial charge in [-0.05, 0) is 80.0 Å². The quantitative estimate of drug-likeness (QED) is 0.362. The summed E-state index contributed by atoms with van der Waals surface area (Å²) < 4.78 is 5.44. The number of benzene rings is 2. The van der Waals surface area contributed by atoms with Gasteiger partial charge in [0.25, 0.3) is 0 Å². The number of para-hydroxylation sites is 1. The van der Waals surface area contributed by atoms with E-state index in [2.05, 4.69) is 58.3 Å². The predicted molar refractivity (Wildman–Crippen MR) is 135 cm³/mol. The molecule has 2 aromatic carbocycles. The third kappa shape index (κ3) is 4.92. The van der Waals surface area contributed by atoms with Gasteiger partial charge in [0.05, 0.1) is 19.3 Å². The lowest BCUT2D eigenvalue weighted by molar-refractivity contribution is 0.415. The number of ether oxygens (including phenoxy) is 1. The molecule has 0 fully saturated rings. The van der Waals surface area contributed by atoms with Crippen LogP contribution in [0.5, 0.6) is 5.75 Å². The van der Waals surface area contributed by atoms with Gasteiger partial charge < -0.3 is 19.9 Å². The lowest BCUT2D eigenvalue weighted by Gasteiger charge is -2.26. The first-order valence-corrected chi connectivity index (χ1v) is 11.1. The number of pyridine rings is 1. The fourth-order valence-corrected chi connectivity index (χ4v) is 4.17. The molecule has 6 heteroatoms. The van der Waals surface area contributed by atoms with Crippen molar-refractivity contribution in [1.29, 1.82) is 0 Å². The molecule has 5 nitrogen and oxygen atoms in total. The highest BCUT2D eigenvalue weighted by molar-refractivity contribution is 7.80. The fraction of sp³-hybridized carbons (Fsp3) is 0.231. The predicted octanol–water partition coefficient (Wildman–Crippen LogP) is 5.63. The van der Waals surface area contributed by atoms with Crippen molar-refractivity contribution in [2.24, 2.45) is 0 Å². The number of nitrogens with one attached hydrogen (secondary N) is 2. The average molecular weight is 445 g/mol. The Bertz CT molecular complexity index is 1220. The smallest absolute Gasteiger partial charge is 0.173 e. The van der Waals surface area contributed by atoms with Crippen molar-refractivity contribution in [3.63, 3.8) is 0 Å². The molecular weight excluding hydrogens is 416 g/mol. The third-order valence-electron chi connectivity index (χ3n) is 5.71. The summed E-state index contributed by atoms with van der Waals surface area (Å²) in [7, 11) is 1.70. The molecule has 2 N–H and O–H groups in total. The number of rotatable bonds is 7. The lowest BCUT2D eigenvalue weighted by Crippen LogP contribution is -2.36. The van der Waals surface area contributed by atoms with E-state index in [0.717, 1.165) is 41.2 Å². The third-order valence-corrected chi connectivity index (χ3v) is 6.07. The first kappa shape index (κ1) is 21.8. The van der Waals surface area contributed by atoms with E-state index in [9.17, 15) is 0 Å². The number of nitrogens with zero attached hydrogens (tertiary/aromatic N) is 2. The minimum atomic E-state index is 0.642. The Hall–Kier alpha value is -3.38. The van der Waals surface area contributed by atoms with Gasteiger partial charge in [0, 0.05) is 35.0 Å². The van der Waals surface area contributed by atoms with Crippen LogP contribution >= 0.6 is 12.2 Å². The molecule has 0 radical (unpaired) electrons. The van der Waals surface area contributed by atoms with Gasteiger partial charge in [0.1, 0.15) is 5.75 Å². The zero-order valence-corrected chi connectivity index (χ0v) is 19.5. The molecule has 0 spiro atoms. The van der Waals surface area contributed by atoms with Gasteiger partial charge in [-0.25, -0.2) is 0 Å². The molecule has 0 atom stereocenters. The van der Waals surface area contributed by atoms with Gasteiger partial charge in [0.2, 0.25) is 0 Å². The van der Waals surface area contributed by atoms with Gasteiger partial charge in [-0.15, -0.1) is 0 Å². The number of thiocarbonyl (C=S) groups is 1. The standard InChI is InChI=1S/C26H28N4OS/c1-18-8-4-5-10-24(18)29-26(32)30(17-20-9-6-7-14-27-20)15-13-22-19(2)28-25-12-11-21(31-3)16-23(22)25/h4-12,14,16,28H,13,15,17H2,1-3H3,(H,29,32). The minimum absolute atomic E-state index is 0.642. The molecule has 0 aliphatic carbocycles. The molecule has 0 aliphatic rings. The number of hydrogen-bond donors (Lipinski definition) is 2. The second-order valence-corrected chi connectivity index (χ2v) is 8.26. The normalized spacial score (nSPS) is 10.8. The summed E-state index contributed by atoms with van der Waals surface area (Å²) in [5.74, 6) is 0.861. The van der Waals surface area contributed by atoms with Gasteiger partial charge in [-0.1, -0.05) is 24.3 Å². The first-order valence-electron chi connectivity index (χ1n) is 10.7. The second-order valence-electron chi connectivity index (χ2n) is 7.88. The lowest BCUT2D eigenvalue weighted by atomic mass is 10.1. The number of aromatic amines is 1. The van der Waals surface area contributed by atoms with Crippen molar-refractivity contribution in [3.8, 4) is 5.75 Å². The van der Waals surface area contributed by atoms with Crippen LogP contribution in [0.1, 0.15) is 22.5 Å². The Morgan fingerprint density at radius 3 is 2.66 bits per heavy atom. The van der Waals surface area contributed by atoms with Crippen LogP contribution in [-0.4, -0.2) is 33.6 Å². The van der Waals surface area contributed by atoms with Crippen molar-refractivity contribution < 1.29 is 4.74 Å². The molecule has 0 saturated heterocycles. The van der Waals surface area contributed by atoms with Gasteiger partial charge in [-0.2, -0.15) is 0 Å². The van der Waals surface area contributed by atoms with Gasteiger partial charge in [-0.3, -0.25) is 4.98 Å². The summed E-state index contributed by atoms with van der Waals surface area (Å²) in [6.45, 7) is 5.61. The number of fused-ring (bicyclic) bond motifs is 1. The Kier molecular flexibility index (Phi) is 6.71. The van der Waals surface area contributed by atoms with Crippen LogP contribution in [0.4, 0.5) is 5.69 Å². The van der Waals surface area contributed by atoms with E-state index < -0.39 is 0 Å². The molecule has 0 unspecified atom stereocenters. The summed E-state index contributed by atoms with van der Waals surface area (Å²) in [4.78, 5) is 10.2. The van der Waals surface area contributed by atoms with Crippen molar-refractivity contribution in [1.82, 2.24) is 14.9 Å². The van der Waals surface area contributed by atoms with Crippen molar-refractivity contribution in [2.75, 3.05) is 19.0 Å². The largest absolute Gasteiger partial charge is 0.497 e. The summed E-state index contributed by atoms with van der Waals surface area (Å²) in [6.07, 6.45) is 2.67. The van der Waals surface area contributed by atoms with Crippen LogP contribution < -0.4 is 10.1 Å². The zero-order chi connectivity index (χ0) is 22.5. The fourth-order valence-electron chi connectivity index (χ4n) is 3.90. The number of aryl methyl sites for hydroxylation is 2. The monoisotopic (exact) mass is 444 g/mol. The zero-order valence-electron chi connectivity index (χ0n) is 18.7. The molecule has 4 rings (SSSR count). The molecular formula is C26H28N4OS. The highest BCUT2D eigenvalue weighted by atomic mass is 32.1. The maximum absolute atomic E-state index is 5.84. The number of H-pyrrole nitrogens is 1. The van der Waals surface area contributed by atoms with E-state index >= 15 is 0 Å². The second kappa shape index (κ2) is 9.83. The van der Waals surface area contributed by atoms with Crippen LogP contribution in [0.25, 0.3) is 10.9 Å². The number of hydrogen-bond acceptors (Lipinski definition) is 3. The molecule has 0 bridgehead atoms. The summed E-state index contributed by atoms with van der Waals surface area (Å²) in [6, 6.07) is 20.3. The Balaban J connectivity index is 1.58. The van der Waals surface area contributed by atoms with Crippen LogP contribution in [0, 0.1) is 13.8 Å². The number of aromatic nitrogens is 2. The molecule has 0 aliphatic heterocycles. The van der Waals surface area contributed by atoms with Crippen LogP contribution in [-0.2, 0) is 13.0 Å². The summed E-state index contributed by atoms with van der Waals surface area (Å²) >= 11 is 5.84. The van der Waals surface area contributed by atoms with Crippen LogP contribution in [0.2, 0.25) is 0 Å². The molecule has 2 aromatic heterocycles. The van der Waals surface area contributed by atoms with E-state index in [1.807, 2.05) is 42.6 Å². The van der Waals surface area contributed by atoms with Crippen LogP contribution in [0.3, 0.4) is 0 Å². The van der Waals surface area contributed by atoms with E-state index in [1.165, 1.54) is 16.6 Å². The summed E-state index contributed by atoms with van der Waals surface area (Å²) in [5.41, 5.74) is 6.74. The first-order chi connectivity index (χ1) is 15.5. The molecule has 0 saturated carbocycles. The molecule has 4 aromatic rings. The number of anilines is 1. The average Bonchev–Trinajstić information content (AvgIpc) is 3.12. The van der Waals surface area contributed by atoms with E-state index in [0.29, 0.717) is 11.7 Å². The Morgan fingerprint density at radius 1 is 1.09 bits per heavy atom. The van der Waals surface area contributed by atoms with Crippen molar-refractivity contribution >= 4 is 33.9 Å². The van der Waals surface area contributed by atoms with E-state index in [-0.39, 0.29) is 0 Å². The van der Waals surface area contributed by atoms with E-state index in [4.69, 9.17) is 17.0 Å². The van der Waals surface area contributed by atoms with Gasteiger partial charge in [0.15, 0.2) is 5.11 Å². The molecule has 0 amide bonds. The highest BCUT2D eigenvalue weighted by Crippen LogP contribution is 2.27. The Labute approximate surface area is 194 Å². The molecule has 164 valence electrons. The number of methoxy groups -OCH3 is 1. The van der Waals surface area contributed by atoms with Gasteiger partial charge >= 0.3 is 0 Å². The van der Waals surface area contributed by atoms with E-state index in [1.54, 1.807) is 7.11 Å². The Morgan fingerprint density at radius 2 is 1.91 bits per heavy atom. The van der Waals surface area contributed by atoms with Crippen molar-refractivity contribution in [2.45, 2.75) is 26.8 Å². The molecule has 2 heterocycles. The molecule has 32 heavy (non-hydrogen) atoms. The maximum atomic E-state index is 5.84. The van der Waals surface area contributed by atoms with Crippen molar-refractivity contribution in [3.05, 3.63) is 89.4 Å². The minimum Gasteiger partial charge on any atom is -0.497 e. The van der Waals surface area contributed by atoms with Crippen LogP contribution in [0.15, 0.2) is 66.9 Å². The maximum Gasteiger partial charge on any atom is 0.173 e. The SMILES string of the molecule is COc1ccc2[nH]c(C)c(CCN(Cc3ccccn3)C(=S)Nc3ccccc3C)c2c1. The summed E-state index contributed by atoms with van der Waals surface area (Å²) in [5, 5.41) is 5.32. The highest BCUT2D eigenvalue weighted by Gasteiger charge is 2.16.